The van der Waals surface area contributed by atoms with Gasteiger partial charge in [-0.15, -0.1) is 23.7 Å². The number of hydrogen-bond donors (Lipinski definition) is 1. The molecule has 0 spiro atoms. The maximum Gasteiger partial charge on any atom is 0.242 e. The Morgan fingerprint density at radius 3 is 2.32 bits per heavy atom. The predicted molar refractivity (Wildman–Crippen MR) is 92.0 cm³/mol. The average Bonchev–Trinajstić information content (AvgIpc) is 2.85. The second kappa shape index (κ2) is 8.03. The van der Waals surface area contributed by atoms with Crippen LogP contribution in [0.15, 0.2) is 34.5 Å². The smallest absolute Gasteiger partial charge is 0.242 e. The Morgan fingerprint density at radius 1 is 1.18 bits per heavy atom. The summed E-state index contributed by atoms with van der Waals surface area (Å²) in [4.78, 5) is 4.69. The SMILES string of the molecule is Cc1nc(CNCc2ccc(S(=O)(=O)N(C)C)cc2)cs1.Cl. The molecule has 0 bridgehead atoms. The zero-order chi connectivity index (χ0) is 15.5. The third-order valence-electron chi connectivity index (χ3n) is 3.00. The number of aryl methyl sites for hydroxylation is 1. The highest BCUT2D eigenvalue weighted by molar-refractivity contribution is 7.89. The van der Waals surface area contributed by atoms with E-state index in [1.807, 2.05) is 24.4 Å². The van der Waals surface area contributed by atoms with Crippen LogP contribution in [-0.4, -0.2) is 31.8 Å². The van der Waals surface area contributed by atoms with Gasteiger partial charge in [-0.2, -0.15) is 0 Å². The van der Waals surface area contributed by atoms with E-state index in [1.165, 1.54) is 18.4 Å². The van der Waals surface area contributed by atoms with Crippen LogP contribution in [0.1, 0.15) is 16.3 Å². The van der Waals surface area contributed by atoms with Crippen molar-refractivity contribution < 1.29 is 8.42 Å². The first-order chi connectivity index (χ1) is 9.89. The number of sulfonamides is 1. The van der Waals surface area contributed by atoms with Gasteiger partial charge < -0.3 is 5.32 Å². The normalized spacial score (nSPS) is 11.5. The molecule has 0 atom stereocenters. The molecule has 122 valence electrons. The summed E-state index contributed by atoms with van der Waals surface area (Å²) in [5, 5.41) is 6.39. The van der Waals surface area contributed by atoms with Gasteiger partial charge in [0.15, 0.2) is 0 Å². The first-order valence-electron chi connectivity index (χ1n) is 6.53. The number of halogens is 1. The zero-order valence-electron chi connectivity index (χ0n) is 12.7. The van der Waals surface area contributed by atoms with Gasteiger partial charge in [0.2, 0.25) is 10.0 Å². The van der Waals surface area contributed by atoms with Crippen molar-refractivity contribution in [2.75, 3.05) is 14.1 Å². The van der Waals surface area contributed by atoms with Crippen molar-refractivity contribution in [1.29, 1.82) is 0 Å². The van der Waals surface area contributed by atoms with Crippen molar-refractivity contribution in [3.8, 4) is 0 Å². The van der Waals surface area contributed by atoms with Gasteiger partial charge in [-0.05, 0) is 24.6 Å². The number of nitrogens with zero attached hydrogens (tertiary/aromatic N) is 2. The van der Waals surface area contributed by atoms with E-state index in [4.69, 9.17) is 0 Å². The molecular formula is C14H20ClN3O2S2. The monoisotopic (exact) mass is 361 g/mol. The minimum absolute atomic E-state index is 0. The summed E-state index contributed by atoms with van der Waals surface area (Å²) in [6, 6.07) is 6.93. The molecular weight excluding hydrogens is 342 g/mol. The van der Waals surface area contributed by atoms with Crippen LogP contribution in [0.3, 0.4) is 0 Å². The summed E-state index contributed by atoms with van der Waals surface area (Å²) in [5.41, 5.74) is 2.07. The van der Waals surface area contributed by atoms with Gasteiger partial charge in [-0.3, -0.25) is 0 Å². The number of aromatic nitrogens is 1. The van der Waals surface area contributed by atoms with E-state index in [-0.39, 0.29) is 12.4 Å². The number of thiazole rings is 1. The number of nitrogens with one attached hydrogen (secondary N) is 1. The van der Waals surface area contributed by atoms with E-state index < -0.39 is 10.0 Å². The second-order valence-corrected chi connectivity index (χ2v) is 8.11. The van der Waals surface area contributed by atoms with Crippen LogP contribution < -0.4 is 5.32 Å². The highest BCUT2D eigenvalue weighted by atomic mass is 35.5. The van der Waals surface area contributed by atoms with Gasteiger partial charge >= 0.3 is 0 Å². The van der Waals surface area contributed by atoms with E-state index in [1.54, 1.807) is 23.5 Å². The van der Waals surface area contributed by atoms with Crippen LogP contribution >= 0.6 is 23.7 Å². The minimum Gasteiger partial charge on any atom is -0.307 e. The third kappa shape index (κ3) is 4.76. The van der Waals surface area contributed by atoms with E-state index in [9.17, 15) is 8.42 Å². The summed E-state index contributed by atoms with van der Waals surface area (Å²) >= 11 is 1.64. The summed E-state index contributed by atoms with van der Waals surface area (Å²) < 4.78 is 25.1. The largest absolute Gasteiger partial charge is 0.307 e. The molecule has 0 unspecified atom stereocenters. The first kappa shape index (κ1) is 19.1. The number of benzene rings is 1. The minimum atomic E-state index is -3.35. The predicted octanol–water partition coefficient (Wildman–Crippen LogP) is 2.41. The van der Waals surface area contributed by atoms with Crippen LogP contribution in [0.5, 0.6) is 0 Å². The topological polar surface area (TPSA) is 62.3 Å². The molecule has 2 aromatic rings. The van der Waals surface area contributed by atoms with Gasteiger partial charge in [0.05, 0.1) is 15.6 Å². The number of rotatable bonds is 6. The highest BCUT2D eigenvalue weighted by Crippen LogP contribution is 2.14. The van der Waals surface area contributed by atoms with Crippen LogP contribution in [0.25, 0.3) is 0 Å². The quantitative estimate of drug-likeness (QED) is 0.858. The lowest BCUT2D eigenvalue weighted by Gasteiger charge is -2.11. The molecule has 1 N–H and O–H groups in total. The summed E-state index contributed by atoms with van der Waals surface area (Å²) in [7, 11) is -0.293. The van der Waals surface area contributed by atoms with Crippen molar-refractivity contribution in [3.63, 3.8) is 0 Å². The molecule has 2 rings (SSSR count). The maximum atomic E-state index is 11.9. The molecule has 0 fully saturated rings. The van der Waals surface area contributed by atoms with Crippen LogP contribution in [0.4, 0.5) is 0 Å². The molecule has 0 aliphatic rings. The maximum absolute atomic E-state index is 11.9. The van der Waals surface area contributed by atoms with Crippen LogP contribution in [0.2, 0.25) is 0 Å². The number of hydrogen-bond acceptors (Lipinski definition) is 5. The first-order valence-corrected chi connectivity index (χ1v) is 8.85. The Bertz CT molecular complexity index is 697. The van der Waals surface area contributed by atoms with Gasteiger partial charge in [-0.25, -0.2) is 17.7 Å². The lowest BCUT2D eigenvalue weighted by molar-refractivity contribution is 0.520. The van der Waals surface area contributed by atoms with Crippen LogP contribution in [-0.2, 0) is 23.1 Å². The molecule has 0 saturated heterocycles. The van der Waals surface area contributed by atoms with Crippen molar-refractivity contribution in [2.45, 2.75) is 24.9 Å². The van der Waals surface area contributed by atoms with E-state index in [0.29, 0.717) is 18.0 Å². The van der Waals surface area contributed by atoms with Crippen molar-refractivity contribution >= 4 is 33.8 Å². The fourth-order valence-electron chi connectivity index (χ4n) is 1.81. The standard InChI is InChI=1S/C14H19N3O2S2.ClH/c1-11-16-13(10-20-11)9-15-8-12-4-6-14(7-5-12)21(18,19)17(2)3;/h4-7,10,15H,8-9H2,1-3H3;1H. The Balaban J connectivity index is 0.00000242. The Kier molecular flexibility index (Phi) is 6.96. The molecule has 0 amide bonds. The molecule has 22 heavy (non-hydrogen) atoms. The molecule has 5 nitrogen and oxygen atoms in total. The molecule has 1 aromatic heterocycles. The molecule has 0 aliphatic heterocycles. The molecule has 0 radical (unpaired) electrons. The van der Waals surface area contributed by atoms with E-state index in [0.717, 1.165) is 16.3 Å². The third-order valence-corrected chi connectivity index (χ3v) is 5.66. The van der Waals surface area contributed by atoms with Crippen LogP contribution in [0, 0.1) is 6.92 Å². The molecule has 0 aliphatic carbocycles. The molecule has 1 heterocycles. The lowest BCUT2D eigenvalue weighted by Crippen LogP contribution is -2.22. The second-order valence-electron chi connectivity index (χ2n) is 4.89. The molecule has 0 saturated carbocycles. The lowest BCUT2D eigenvalue weighted by atomic mass is 10.2. The Hall–Kier alpha value is -0.990. The van der Waals surface area contributed by atoms with Gasteiger partial charge in [0, 0.05) is 32.6 Å². The summed E-state index contributed by atoms with van der Waals surface area (Å²) in [6.45, 7) is 3.37. The van der Waals surface area contributed by atoms with Crippen molar-refractivity contribution in [1.82, 2.24) is 14.6 Å². The summed E-state index contributed by atoms with van der Waals surface area (Å²) in [5.74, 6) is 0. The van der Waals surface area contributed by atoms with Gasteiger partial charge in [-0.1, -0.05) is 12.1 Å². The fourth-order valence-corrected chi connectivity index (χ4v) is 3.33. The average molecular weight is 362 g/mol. The van der Waals surface area contributed by atoms with Gasteiger partial charge in [0.1, 0.15) is 0 Å². The van der Waals surface area contributed by atoms with Crippen molar-refractivity contribution in [3.05, 3.63) is 45.9 Å². The summed E-state index contributed by atoms with van der Waals surface area (Å²) in [6.07, 6.45) is 0. The van der Waals surface area contributed by atoms with E-state index >= 15 is 0 Å². The molecule has 8 heteroatoms. The Morgan fingerprint density at radius 2 is 1.82 bits per heavy atom. The van der Waals surface area contributed by atoms with Gasteiger partial charge in [0.25, 0.3) is 0 Å². The Labute approximate surface area is 141 Å². The van der Waals surface area contributed by atoms with Crippen molar-refractivity contribution in [2.24, 2.45) is 0 Å². The molecule has 1 aromatic carbocycles. The highest BCUT2D eigenvalue weighted by Gasteiger charge is 2.16. The fraction of sp³-hybridized carbons (Fsp3) is 0.357. The van der Waals surface area contributed by atoms with E-state index in [2.05, 4.69) is 10.3 Å². The zero-order valence-corrected chi connectivity index (χ0v) is 15.2.